The molecule has 0 saturated carbocycles. The van der Waals surface area contributed by atoms with E-state index < -0.39 is 28.7 Å². The van der Waals surface area contributed by atoms with Gasteiger partial charge in [-0.3, -0.25) is 14.4 Å². The van der Waals surface area contributed by atoms with Crippen LogP contribution in [0.25, 0.3) is 0 Å². The van der Waals surface area contributed by atoms with Crippen LogP contribution in [-0.4, -0.2) is 144 Å². The number of fused-ring (bicyclic) bond motifs is 1. The Kier molecular flexibility index (Phi) is 10.1. The van der Waals surface area contributed by atoms with Crippen molar-refractivity contribution in [3.63, 3.8) is 0 Å². The second kappa shape index (κ2) is 14.2. The molecular formula is C27H37N11O5S3. The molecule has 4 aliphatic rings. The maximum absolute atomic E-state index is 13.3. The summed E-state index contributed by atoms with van der Waals surface area (Å²) in [4.78, 5) is 55.2. The molecule has 6 rings (SSSR count). The lowest BCUT2D eigenvalue weighted by Gasteiger charge is -2.53. The molecule has 0 spiro atoms. The number of nitrogen functional groups attached to an aromatic ring is 1. The van der Waals surface area contributed by atoms with Gasteiger partial charge in [-0.1, -0.05) is 23.0 Å². The zero-order valence-corrected chi connectivity index (χ0v) is 27.8. The molecule has 5 heterocycles. The lowest BCUT2D eigenvalue weighted by molar-refractivity contribution is -0.157. The van der Waals surface area contributed by atoms with Crippen LogP contribution < -0.4 is 11.1 Å². The van der Waals surface area contributed by atoms with E-state index in [0.29, 0.717) is 11.7 Å². The molecule has 248 valence electrons. The smallest absolute Gasteiger partial charge is 0.313 e. The van der Waals surface area contributed by atoms with E-state index in [0.717, 1.165) is 63.3 Å². The fourth-order valence-corrected chi connectivity index (χ4v) is 9.00. The van der Waals surface area contributed by atoms with Crippen molar-refractivity contribution < 1.29 is 24.3 Å². The highest BCUT2D eigenvalue weighted by molar-refractivity contribution is 8.00. The van der Waals surface area contributed by atoms with Crippen molar-refractivity contribution in [3.05, 3.63) is 23.2 Å². The number of thiazole rings is 1. The number of carbonyl (C=O) groups is 3. The average Bonchev–Trinajstić information content (AvgIpc) is 3.83. The Bertz CT molecular complexity index is 1490. The van der Waals surface area contributed by atoms with Gasteiger partial charge in [0.2, 0.25) is 11.1 Å². The summed E-state index contributed by atoms with van der Waals surface area (Å²) in [6.45, 7) is 5.78. The number of rotatable bonds is 13. The molecule has 4 atom stereocenters. The Balaban J connectivity index is 1.04. The van der Waals surface area contributed by atoms with Crippen molar-refractivity contribution in [2.24, 2.45) is 10.6 Å². The van der Waals surface area contributed by atoms with Crippen LogP contribution in [0.15, 0.2) is 27.8 Å². The summed E-state index contributed by atoms with van der Waals surface area (Å²) >= 11 is 3.79. The van der Waals surface area contributed by atoms with Crippen LogP contribution in [0.3, 0.4) is 0 Å². The molecule has 3 fully saturated rings. The van der Waals surface area contributed by atoms with E-state index in [9.17, 15) is 19.5 Å². The number of piperazine rings is 1. The van der Waals surface area contributed by atoms with Crippen LogP contribution in [0.2, 0.25) is 0 Å². The third kappa shape index (κ3) is 7.17. The predicted octanol–water partition coefficient (Wildman–Crippen LogP) is 0.0518. The SMILES string of the molecule is CN1CCN(CCCn2nnnc2SCC2(C(=O)O)CS[C@@H]3C(NC(=O)C(=NOC4C=CCC4)c4csc(N)n4)C(=O)N3C2)CC1. The van der Waals surface area contributed by atoms with Crippen molar-refractivity contribution >= 4 is 63.5 Å². The topological polar surface area (TPSA) is 197 Å². The molecule has 0 aromatic carbocycles. The van der Waals surface area contributed by atoms with E-state index in [-0.39, 0.29) is 46.6 Å². The lowest BCUT2D eigenvalue weighted by Crippen LogP contribution is -2.74. The molecule has 3 saturated heterocycles. The number of aryl methyl sites for hydroxylation is 1. The van der Waals surface area contributed by atoms with Crippen LogP contribution in [0, 0.1) is 5.41 Å². The Hall–Kier alpha value is -3.26. The number of allylic oxidation sites excluding steroid dienone is 1. The maximum atomic E-state index is 13.3. The summed E-state index contributed by atoms with van der Waals surface area (Å²) in [6, 6.07) is -0.836. The number of carboxylic acids is 1. The van der Waals surface area contributed by atoms with Crippen molar-refractivity contribution in [1.82, 2.24) is 45.2 Å². The zero-order chi connectivity index (χ0) is 32.3. The molecule has 46 heavy (non-hydrogen) atoms. The Morgan fingerprint density at radius 2 is 2.11 bits per heavy atom. The lowest BCUT2D eigenvalue weighted by atomic mass is 9.89. The Morgan fingerprint density at radius 1 is 1.28 bits per heavy atom. The van der Waals surface area contributed by atoms with Gasteiger partial charge in [-0.15, -0.1) is 28.2 Å². The first-order valence-electron chi connectivity index (χ1n) is 15.1. The van der Waals surface area contributed by atoms with E-state index in [1.54, 1.807) is 10.1 Å². The largest absolute Gasteiger partial charge is 0.481 e. The molecule has 0 radical (unpaired) electrons. The second-order valence-corrected chi connectivity index (χ2v) is 14.8. The minimum absolute atomic E-state index is 0.0177. The monoisotopic (exact) mass is 691 g/mol. The van der Waals surface area contributed by atoms with Gasteiger partial charge in [-0.05, 0) is 42.8 Å². The Labute approximate surface area is 278 Å². The predicted molar refractivity (Wildman–Crippen MR) is 173 cm³/mol. The first-order valence-corrected chi connectivity index (χ1v) is 18.0. The number of nitrogens with one attached hydrogen (secondary N) is 1. The first kappa shape index (κ1) is 32.7. The van der Waals surface area contributed by atoms with Gasteiger partial charge in [0.25, 0.3) is 5.91 Å². The normalized spacial score (nSPS) is 27.0. The molecule has 16 nitrogen and oxygen atoms in total. The standard InChI is InChI=1S/C27H37N11O5S3/c1-35-9-11-36(12-10-35)7-4-8-38-26(31-33-34-38)46-16-27(24(41)42)14-37-22(40)20(23(37)45-15-27)30-21(39)19(18-13-44-25(28)29-18)32-43-17-5-2-3-6-17/h2,5,13,17,20,23H,3-4,6-12,14-16H2,1H3,(H2,28,29)(H,30,39)(H,41,42)/t17?,20?,23-,27?/m1/s1. The fourth-order valence-electron chi connectivity index (χ4n) is 5.69. The second-order valence-electron chi connectivity index (χ2n) is 11.8. The van der Waals surface area contributed by atoms with Crippen molar-refractivity contribution in [1.29, 1.82) is 0 Å². The third-order valence-corrected chi connectivity index (χ3v) is 12.0. The molecule has 19 heteroatoms. The number of tetrazole rings is 1. The molecule has 1 aliphatic carbocycles. The highest BCUT2D eigenvalue weighted by Crippen LogP contribution is 2.44. The molecule has 3 unspecified atom stereocenters. The molecule has 2 amide bonds. The van der Waals surface area contributed by atoms with Crippen LogP contribution >= 0.6 is 34.9 Å². The zero-order valence-electron chi connectivity index (χ0n) is 25.4. The molecule has 3 aliphatic heterocycles. The van der Waals surface area contributed by atoms with Gasteiger partial charge in [0.1, 0.15) is 28.6 Å². The number of β-lactam (4-membered cyclic amide) rings is 1. The van der Waals surface area contributed by atoms with Crippen LogP contribution in [-0.2, 0) is 25.8 Å². The summed E-state index contributed by atoms with van der Waals surface area (Å²) in [5, 5.41) is 31.3. The van der Waals surface area contributed by atoms with Crippen LogP contribution in [0.5, 0.6) is 0 Å². The van der Waals surface area contributed by atoms with E-state index >= 15 is 0 Å². The van der Waals surface area contributed by atoms with Gasteiger partial charge in [0.15, 0.2) is 10.8 Å². The van der Waals surface area contributed by atoms with Crippen LogP contribution in [0.1, 0.15) is 25.0 Å². The van der Waals surface area contributed by atoms with Gasteiger partial charge in [-0.2, -0.15) is 0 Å². The van der Waals surface area contributed by atoms with Crippen molar-refractivity contribution in [2.75, 3.05) is 63.6 Å². The van der Waals surface area contributed by atoms with Crippen molar-refractivity contribution in [3.8, 4) is 0 Å². The fraction of sp³-hybridized carbons (Fsp3) is 0.630. The first-order chi connectivity index (χ1) is 22.2. The Morgan fingerprint density at radius 3 is 2.83 bits per heavy atom. The summed E-state index contributed by atoms with van der Waals surface area (Å²) in [5.41, 5.74) is 4.77. The highest BCUT2D eigenvalue weighted by Gasteiger charge is 2.57. The number of aliphatic carboxylic acids is 1. The number of anilines is 1. The van der Waals surface area contributed by atoms with Gasteiger partial charge >= 0.3 is 5.97 Å². The molecular weight excluding hydrogens is 655 g/mol. The maximum Gasteiger partial charge on any atom is 0.313 e. The average molecular weight is 692 g/mol. The number of likely N-dealkylation sites (N-methyl/N-ethyl adjacent to an activating group) is 1. The number of nitrogens with zero attached hydrogens (tertiary/aromatic N) is 9. The molecule has 0 bridgehead atoms. The number of carboxylic acid groups (broad SMARTS) is 1. The van der Waals surface area contributed by atoms with Crippen LogP contribution in [0.4, 0.5) is 5.13 Å². The summed E-state index contributed by atoms with van der Waals surface area (Å²) < 4.78 is 1.72. The number of amides is 2. The van der Waals surface area contributed by atoms with Crippen molar-refractivity contribution in [2.45, 2.75) is 48.5 Å². The summed E-state index contributed by atoms with van der Waals surface area (Å²) in [5.74, 6) is -1.52. The highest BCUT2D eigenvalue weighted by atomic mass is 32.2. The number of nitrogens with two attached hydrogens (primary N) is 1. The molecule has 4 N–H and O–H groups in total. The number of aromatic nitrogens is 5. The number of hydrogen-bond donors (Lipinski definition) is 3. The van der Waals surface area contributed by atoms with Gasteiger partial charge in [0, 0.05) is 62.7 Å². The minimum atomic E-state index is -1.21. The number of oxime groups is 1. The minimum Gasteiger partial charge on any atom is -0.481 e. The molecule has 2 aromatic rings. The van der Waals surface area contributed by atoms with E-state index in [4.69, 9.17) is 10.6 Å². The van der Waals surface area contributed by atoms with Gasteiger partial charge in [0.05, 0.1) is 0 Å². The summed E-state index contributed by atoms with van der Waals surface area (Å²) in [6.07, 6.45) is 6.11. The third-order valence-electron chi connectivity index (χ3n) is 8.53. The van der Waals surface area contributed by atoms with Gasteiger partial charge in [-0.25, -0.2) is 9.67 Å². The van der Waals surface area contributed by atoms with Gasteiger partial charge < -0.3 is 35.7 Å². The number of hydrogen-bond acceptors (Lipinski definition) is 15. The van der Waals surface area contributed by atoms with E-state index in [1.807, 2.05) is 12.2 Å². The van der Waals surface area contributed by atoms with E-state index in [2.05, 4.69) is 47.8 Å². The number of carbonyl (C=O) groups excluding carboxylic acids is 2. The summed E-state index contributed by atoms with van der Waals surface area (Å²) in [7, 11) is 2.13. The van der Waals surface area contributed by atoms with E-state index in [1.165, 1.54) is 28.4 Å². The molecule has 2 aromatic heterocycles. The quantitative estimate of drug-likeness (QED) is 0.0838. The number of thioether (sulfide) groups is 2.